The van der Waals surface area contributed by atoms with Gasteiger partial charge in [-0.25, -0.2) is 9.97 Å². The molecule has 2 rings (SSSR count). The molecular weight excluding hydrogens is 274 g/mol. The van der Waals surface area contributed by atoms with E-state index < -0.39 is 0 Å². The number of anilines is 1. The number of aryl methyl sites for hydroxylation is 2. The SMILES string of the molecule is Cc1ncc(C(C)Nc2cc(CO)ccc2Cl)c(C)n1. The zero-order valence-electron chi connectivity index (χ0n) is 11.8. The van der Waals surface area contributed by atoms with Gasteiger partial charge in [0, 0.05) is 17.5 Å². The number of rotatable bonds is 4. The summed E-state index contributed by atoms with van der Waals surface area (Å²) in [5, 5.41) is 13.2. The third kappa shape index (κ3) is 3.26. The van der Waals surface area contributed by atoms with Crippen LogP contribution in [0.15, 0.2) is 24.4 Å². The number of aliphatic hydroxyl groups excluding tert-OH is 1. The zero-order chi connectivity index (χ0) is 14.7. The average Bonchev–Trinajstić information content (AvgIpc) is 2.41. The molecule has 0 aliphatic heterocycles. The van der Waals surface area contributed by atoms with Gasteiger partial charge in [-0.1, -0.05) is 17.7 Å². The van der Waals surface area contributed by atoms with Crippen molar-refractivity contribution in [2.24, 2.45) is 0 Å². The van der Waals surface area contributed by atoms with Crippen LogP contribution in [-0.4, -0.2) is 15.1 Å². The Morgan fingerprint density at radius 3 is 2.75 bits per heavy atom. The number of nitrogens with zero attached hydrogens (tertiary/aromatic N) is 2. The van der Waals surface area contributed by atoms with E-state index in [0.29, 0.717) is 5.02 Å². The van der Waals surface area contributed by atoms with Crippen LogP contribution in [0.3, 0.4) is 0 Å². The van der Waals surface area contributed by atoms with Crippen LogP contribution in [0.1, 0.15) is 35.6 Å². The van der Waals surface area contributed by atoms with E-state index in [1.54, 1.807) is 12.1 Å². The molecule has 0 saturated carbocycles. The maximum atomic E-state index is 9.19. The number of hydrogen-bond acceptors (Lipinski definition) is 4. The predicted octanol–water partition coefficient (Wildman–Crippen LogP) is 3.41. The summed E-state index contributed by atoms with van der Waals surface area (Å²) in [4.78, 5) is 8.60. The summed E-state index contributed by atoms with van der Waals surface area (Å²) in [6.07, 6.45) is 1.83. The summed E-state index contributed by atoms with van der Waals surface area (Å²) in [5.41, 5.74) is 3.60. The quantitative estimate of drug-likeness (QED) is 0.906. The Labute approximate surface area is 123 Å². The molecule has 2 aromatic rings. The lowest BCUT2D eigenvalue weighted by Gasteiger charge is -2.18. The van der Waals surface area contributed by atoms with E-state index in [-0.39, 0.29) is 12.6 Å². The Bertz CT molecular complexity index is 616. The van der Waals surface area contributed by atoms with Gasteiger partial charge in [-0.3, -0.25) is 0 Å². The highest BCUT2D eigenvalue weighted by Crippen LogP contribution is 2.28. The Morgan fingerprint density at radius 1 is 1.35 bits per heavy atom. The van der Waals surface area contributed by atoms with Gasteiger partial charge >= 0.3 is 0 Å². The lowest BCUT2D eigenvalue weighted by atomic mass is 10.1. The smallest absolute Gasteiger partial charge is 0.125 e. The minimum atomic E-state index is -0.00704. The highest BCUT2D eigenvalue weighted by molar-refractivity contribution is 6.33. The summed E-state index contributed by atoms with van der Waals surface area (Å²) in [6.45, 7) is 5.86. The fourth-order valence-corrected chi connectivity index (χ4v) is 2.28. The largest absolute Gasteiger partial charge is 0.392 e. The molecule has 0 bridgehead atoms. The zero-order valence-corrected chi connectivity index (χ0v) is 12.6. The second-order valence-corrected chi connectivity index (χ2v) is 5.20. The van der Waals surface area contributed by atoms with Gasteiger partial charge in [0.05, 0.1) is 23.4 Å². The van der Waals surface area contributed by atoms with E-state index >= 15 is 0 Å². The number of aliphatic hydroxyl groups is 1. The van der Waals surface area contributed by atoms with Crippen LogP contribution >= 0.6 is 11.6 Å². The van der Waals surface area contributed by atoms with Crippen LogP contribution in [0, 0.1) is 13.8 Å². The highest BCUT2D eigenvalue weighted by Gasteiger charge is 2.12. The summed E-state index contributed by atoms with van der Waals surface area (Å²) in [5.74, 6) is 0.763. The summed E-state index contributed by atoms with van der Waals surface area (Å²) < 4.78 is 0. The van der Waals surface area contributed by atoms with Crippen molar-refractivity contribution in [3.8, 4) is 0 Å². The molecule has 0 spiro atoms. The normalized spacial score (nSPS) is 12.2. The van der Waals surface area contributed by atoms with Gasteiger partial charge in [0.15, 0.2) is 0 Å². The van der Waals surface area contributed by atoms with Crippen LogP contribution in [0.5, 0.6) is 0 Å². The molecule has 4 nitrogen and oxygen atoms in total. The van der Waals surface area contributed by atoms with Gasteiger partial charge in [-0.2, -0.15) is 0 Å². The molecule has 106 valence electrons. The van der Waals surface area contributed by atoms with Crippen molar-refractivity contribution in [1.29, 1.82) is 0 Å². The molecule has 1 aromatic carbocycles. The maximum Gasteiger partial charge on any atom is 0.125 e. The van der Waals surface area contributed by atoms with E-state index in [1.165, 1.54) is 0 Å². The molecule has 20 heavy (non-hydrogen) atoms. The molecule has 0 aliphatic carbocycles. The monoisotopic (exact) mass is 291 g/mol. The van der Waals surface area contributed by atoms with Crippen molar-refractivity contribution < 1.29 is 5.11 Å². The molecule has 1 unspecified atom stereocenters. The molecule has 0 saturated heterocycles. The van der Waals surface area contributed by atoms with E-state index in [4.69, 9.17) is 11.6 Å². The van der Waals surface area contributed by atoms with Crippen LogP contribution in [0.25, 0.3) is 0 Å². The minimum Gasteiger partial charge on any atom is -0.392 e. The minimum absolute atomic E-state index is 0.00704. The van der Waals surface area contributed by atoms with Crippen molar-refractivity contribution >= 4 is 17.3 Å². The van der Waals surface area contributed by atoms with Gasteiger partial charge in [0.1, 0.15) is 5.82 Å². The molecule has 5 heteroatoms. The van der Waals surface area contributed by atoms with Crippen LogP contribution in [-0.2, 0) is 6.61 Å². The number of halogens is 1. The molecular formula is C15H18ClN3O. The number of hydrogen-bond donors (Lipinski definition) is 2. The van der Waals surface area contributed by atoms with Gasteiger partial charge in [0.2, 0.25) is 0 Å². The van der Waals surface area contributed by atoms with Crippen molar-refractivity contribution in [2.45, 2.75) is 33.4 Å². The van der Waals surface area contributed by atoms with E-state index in [1.807, 2.05) is 33.0 Å². The Morgan fingerprint density at radius 2 is 2.10 bits per heavy atom. The Kier molecular flexibility index (Phi) is 4.57. The Hall–Kier alpha value is -1.65. The molecule has 1 aromatic heterocycles. The topological polar surface area (TPSA) is 58.0 Å². The second-order valence-electron chi connectivity index (χ2n) is 4.80. The fraction of sp³-hybridized carbons (Fsp3) is 0.333. The number of benzene rings is 1. The number of aromatic nitrogens is 2. The van der Waals surface area contributed by atoms with E-state index in [2.05, 4.69) is 15.3 Å². The van der Waals surface area contributed by atoms with Gasteiger partial charge in [0.25, 0.3) is 0 Å². The third-order valence-corrected chi connectivity index (χ3v) is 3.52. The standard InChI is InChI=1S/C15H18ClN3O/c1-9-13(7-17-11(3)18-9)10(2)19-15-6-12(8-20)4-5-14(15)16/h4-7,10,19-20H,8H2,1-3H3. The first-order valence-electron chi connectivity index (χ1n) is 6.47. The van der Waals surface area contributed by atoms with E-state index in [0.717, 1.165) is 28.3 Å². The first kappa shape index (κ1) is 14.8. The first-order valence-corrected chi connectivity index (χ1v) is 6.85. The van der Waals surface area contributed by atoms with Crippen molar-refractivity contribution in [3.05, 3.63) is 52.1 Å². The van der Waals surface area contributed by atoms with Crippen LogP contribution in [0.2, 0.25) is 5.02 Å². The molecule has 0 amide bonds. The summed E-state index contributed by atoms with van der Waals surface area (Å²) >= 11 is 6.17. The second kappa shape index (κ2) is 6.20. The lowest BCUT2D eigenvalue weighted by Crippen LogP contribution is -2.11. The Balaban J connectivity index is 2.25. The molecule has 1 atom stereocenters. The van der Waals surface area contributed by atoms with Crippen molar-refractivity contribution in [3.63, 3.8) is 0 Å². The lowest BCUT2D eigenvalue weighted by molar-refractivity contribution is 0.282. The summed E-state index contributed by atoms with van der Waals surface area (Å²) in [6, 6.07) is 5.46. The molecule has 0 fully saturated rings. The van der Waals surface area contributed by atoms with Crippen LogP contribution in [0.4, 0.5) is 5.69 Å². The maximum absolute atomic E-state index is 9.19. The average molecular weight is 292 g/mol. The van der Waals surface area contributed by atoms with E-state index in [9.17, 15) is 5.11 Å². The number of nitrogens with one attached hydrogen (secondary N) is 1. The molecule has 0 radical (unpaired) electrons. The van der Waals surface area contributed by atoms with Crippen molar-refractivity contribution in [1.82, 2.24) is 9.97 Å². The fourth-order valence-electron chi connectivity index (χ4n) is 2.11. The highest BCUT2D eigenvalue weighted by atomic mass is 35.5. The van der Waals surface area contributed by atoms with Gasteiger partial charge in [-0.05, 0) is 38.5 Å². The van der Waals surface area contributed by atoms with Gasteiger partial charge < -0.3 is 10.4 Å². The first-order chi connectivity index (χ1) is 9.51. The van der Waals surface area contributed by atoms with Crippen LogP contribution < -0.4 is 5.32 Å². The molecule has 1 heterocycles. The summed E-state index contributed by atoms with van der Waals surface area (Å²) in [7, 11) is 0. The third-order valence-electron chi connectivity index (χ3n) is 3.19. The molecule has 0 aliphatic rings. The predicted molar refractivity (Wildman–Crippen MR) is 80.9 cm³/mol. The van der Waals surface area contributed by atoms with Crippen molar-refractivity contribution in [2.75, 3.05) is 5.32 Å². The van der Waals surface area contributed by atoms with Gasteiger partial charge in [-0.15, -0.1) is 0 Å². The molecule has 2 N–H and O–H groups in total.